The predicted molar refractivity (Wildman–Crippen MR) is 79.6 cm³/mol. The van der Waals surface area contributed by atoms with Gasteiger partial charge in [-0.3, -0.25) is 9.36 Å². The number of carbonyl (C=O) groups is 1. The number of rotatable bonds is 5. The summed E-state index contributed by atoms with van der Waals surface area (Å²) in [7, 11) is 0. The first-order valence-electron chi connectivity index (χ1n) is 6.54. The van der Waals surface area contributed by atoms with Crippen LogP contribution in [0.3, 0.4) is 0 Å². The maximum Gasteiger partial charge on any atom is 0.326 e. The zero-order valence-electron chi connectivity index (χ0n) is 11.6. The largest absolute Gasteiger partial charge is 0.464 e. The number of benzene rings is 1. The lowest BCUT2D eigenvalue weighted by molar-refractivity contribution is -0.144. The van der Waals surface area contributed by atoms with Crippen molar-refractivity contribution < 1.29 is 9.53 Å². The number of carbonyl (C=O) groups excluding carboxylic acids is 1. The molecule has 0 spiro atoms. The van der Waals surface area contributed by atoms with Crippen LogP contribution in [0.5, 0.6) is 0 Å². The quantitative estimate of drug-likeness (QED) is 0.861. The third-order valence-corrected chi connectivity index (χ3v) is 3.22. The number of hydrogen-bond donors (Lipinski definition) is 1. The summed E-state index contributed by atoms with van der Waals surface area (Å²) in [4.78, 5) is 16.0. The minimum absolute atomic E-state index is 0.0576. The molecule has 0 unspecified atom stereocenters. The molecular formula is C14H18ClN3O2. The van der Waals surface area contributed by atoms with Gasteiger partial charge in [-0.2, -0.15) is 0 Å². The van der Waals surface area contributed by atoms with E-state index in [1.54, 1.807) is 22.8 Å². The molecule has 0 aliphatic rings. The molecule has 5 nitrogen and oxygen atoms in total. The highest BCUT2D eigenvalue weighted by Crippen LogP contribution is 2.21. The summed E-state index contributed by atoms with van der Waals surface area (Å²) in [6.45, 7) is 4.65. The fourth-order valence-corrected chi connectivity index (χ4v) is 2.04. The summed E-state index contributed by atoms with van der Waals surface area (Å²) in [6, 6.07) is 5.25. The van der Waals surface area contributed by atoms with Gasteiger partial charge < -0.3 is 10.5 Å². The summed E-state index contributed by atoms with van der Waals surface area (Å²) in [5, 5.41) is 0.585. The Morgan fingerprint density at radius 2 is 2.25 bits per heavy atom. The van der Waals surface area contributed by atoms with Crippen LogP contribution in [0.4, 0.5) is 5.95 Å². The molecule has 0 fully saturated rings. The number of nitrogens with zero attached hydrogens (tertiary/aromatic N) is 2. The Morgan fingerprint density at radius 3 is 2.95 bits per heavy atom. The van der Waals surface area contributed by atoms with Gasteiger partial charge in [0.1, 0.15) is 6.54 Å². The van der Waals surface area contributed by atoms with Crippen molar-refractivity contribution in [3.8, 4) is 0 Å². The smallest absolute Gasteiger partial charge is 0.326 e. The highest BCUT2D eigenvalue weighted by Gasteiger charge is 2.13. The molecule has 2 rings (SSSR count). The minimum Gasteiger partial charge on any atom is -0.464 e. The first-order chi connectivity index (χ1) is 9.47. The standard InChI is InChI=1S/C14H18ClN3O2/c1-9(2)5-6-20-13(19)8-18-12-4-3-10(15)7-11(12)17-14(18)16/h3-4,7,9H,5-6,8H2,1-2H3,(H2,16,17). The maximum absolute atomic E-state index is 11.8. The average Bonchev–Trinajstić information content (AvgIpc) is 2.64. The van der Waals surface area contributed by atoms with Crippen LogP contribution in [0.15, 0.2) is 18.2 Å². The van der Waals surface area contributed by atoms with Crippen molar-refractivity contribution in [2.45, 2.75) is 26.8 Å². The molecule has 2 aromatic rings. The minimum atomic E-state index is -0.313. The number of aromatic nitrogens is 2. The second-order valence-corrected chi connectivity index (χ2v) is 5.53. The van der Waals surface area contributed by atoms with Crippen molar-refractivity contribution in [2.24, 2.45) is 5.92 Å². The Morgan fingerprint density at radius 1 is 1.50 bits per heavy atom. The second kappa shape index (κ2) is 6.13. The van der Waals surface area contributed by atoms with Crippen molar-refractivity contribution in [3.05, 3.63) is 23.2 Å². The van der Waals surface area contributed by atoms with Gasteiger partial charge in [-0.25, -0.2) is 4.98 Å². The molecule has 0 aliphatic carbocycles. The van der Waals surface area contributed by atoms with Crippen LogP contribution < -0.4 is 5.73 Å². The summed E-state index contributed by atoms with van der Waals surface area (Å²) in [5.41, 5.74) is 7.27. The van der Waals surface area contributed by atoms with Crippen LogP contribution in [0.2, 0.25) is 5.02 Å². The Labute approximate surface area is 122 Å². The Hall–Kier alpha value is -1.75. The molecule has 20 heavy (non-hydrogen) atoms. The highest BCUT2D eigenvalue weighted by atomic mass is 35.5. The van der Waals surface area contributed by atoms with Gasteiger partial charge in [-0.1, -0.05) is 25.4 Å². The van der Waals surface area contributed by atoms with Gasteiger partial charge in [0, 0.05) is 5.02 Å². The molecule has 0 bridgehead atoms. The molecule has 0 radical (unpaired) electrons. The number of anilines is 1. The zero-order chi connectivity index (χ0) is 14.7. The molecule has 0 saturated heterocycles. The fraction of sp³-hybridized carbons (Fsp3) is 0.429. The van der Waals surface area contributed by atoms with Crippen LogP contribution in [0.1, 0.15) is 20.3 Å². The van der Waals surface area contributed by atoms with Crippen molar-refractivity contribution in [1.82, 2.24) is 9.55 Å². The molecule has 2 N–H and O–H groups in total. The van der Waals surface area contributed by atoms with Crippen molar-refractivity contribution >= 4 is 34.6 Å². The van der Waals surface area contributed by atoms with Gasteiger partial charge in [-0.15, -0.1) is 0 Å². The van der Waals surface area contributed by atoms with E-state index in [1.165, 1.54) is 0 Å². The zero-order valence-corrected chi connectivity index (χ0v) is 12.4. The molecule has 0 amide bonds. The third-order valence-electron chi connectivity index (χ3n) is 2.99. The SMILES string of the molecule is CC(C)CCOC(=O)Cn1c(N)nc2cc(Cl)ccc21. The number of hydrogen-bond acceptors (Lipinski definition) is 4. The monoisotopic (exact) mass is 295 g/mol. The number of esters is 1. The molecule has 6 heteroatoms. The molecule has 1 aromatic carbocycles. The number of halogens is 1. The maximum atomic E-state index is 11.8. The van der Waals surface area contributed by atoms with E-state index in [0.717, 1.165) is 11.9 Å². The molecule has 0 atom stereocenters. The van der Waals surface area contributed by atoms with E-state index in [0.29, 0.717) is 23.1 Å². The summed E-state index contributed by atoms with van der Waals surface area (Å²) >= 11 is 5.90. The topological polar surface area (TPSA) is 70.1 Å². The first kappa shape index (κ1) is 14.7. The van der Waals surface area contributed by atoms with Gasteiger partial charge in [0.25, 0.3) is 0 Å². The molecule has 1 aromatic heterocycles. The number of nitrogen functional groups attached to an aromatic ring is 1. The summed E-state index contributed by atoms with van der Waals surface area (Å²) < 4.78 is 6.81. The summed E-state index contributed by atoms with van der Waals surface area (Å²) in [5.74, 6) is 0.471. The van der Waals surface area contributed by atoms with Crippen LogP contribution in [-0.2, 0) is 16.1 Å². The van der Waals surface area contributed by atoms with Gasteiger partial charge in [0.15, 0.2) is 0 Å². The predicted octanol–water partition coefficient (Wildman–Crippen LogP) is 2.86. The summed E-state index contributed by atoms with van der Waals surface area (Å²) in [6.07, 6.45) is 0.849. The van der Waals surface area contributed by atoms with E-state index in [4.69, 9.17) is 22.1 Å². The van der Waals surface area contributed by atoms with Crippen LogP contribution >= 0.6 is 11.6 Å². The van der Waals surface area contributed by atoms with E-state index in [-0.39, 0.29) is 18.5 Å². The van der Waals surface area contributed by atoms with E-state index in [9.17, 15) is 4.79 Å². The third kappa shape index (κ3) is 3.42. The second-order valence-electron chi connectivity index (χ2n) is 5.09. The van der Waals surface area contributed by atoms with Gasteiger partial charge in [0.05, 0.1) is 17.6 Å². The van der Waals surface area contributed by atoms with Crippen molar-refractivity contribution in [2.75, 3.05) is 12.3 Å². The molecule has 1 heterocycles. The normalized spacial score (nSPS) is 11.2. The van der Waals surface area contributed by atoms with E-state index < -0.39 is 0 Å². The highest BCUT2D eigenvalue weighted by molar-refractivity contribution is 6.31. The van der Waals surface area contributed by atoms with Crippen LogP contribution in [-0.4, -0.2) is 22.1 Å². The van der Waals surface area contributed by atoms with E-state index in [2.05, 4.69) is 18.8 Å². The van der Waals surface area contributed by atoms with E-state index >= 15 is 0 Å². The van der Waals surface area contributed by atoms with Gasteiger partial charge in [-0.05, 0) is 30.5 Å². The van der Waals surface area contributed by atoms with Crippen LogP contribution in [0, 0.1) is 5.92 Å². The molecular weight excluding hydrogens is 278 g/mol. The lowest BCUT2D eigenvalue weighted by Crippen LogP contribution is -2.16. The number of nitrogens with two attached hydrogens (primary N) is 1. The van der Waals surface area contributed by atoms with Gasteiger partial charge >= 0.3 is 5.97 Å². The molecule has 0 aliphatic heterocycles. The van der Waals surface area contributed by atoms with Crippen LogP contribution in [0.25, 0.3) is 11.0 Å². The lowest BCUT2D eigenvalue weighted by Gasteiger charge is -2.08. The fourth-order valence-electron chi connectivity index (χ4n) is 1.87. The Bertz CT molecular complexity index is 622. The first-order valence-corrected chi connectivity index (χ1v) is 6.92. The van der Waals surface area contributed by atoms with Crippen molar-refractivity contribution in [1.29, 1.82) is 0 Å². The van der Waals surface area contributed by atoms with Gasteiger partial charge in [0.2, 0.25) is 5.95 Å². The average molecular weight is 296 g/mol. The number of imidazole rings is 1. The number of fused-ring (bicyclic) bond motifs is 1. The number of ether oxygens (including phenoxy) is 1. The lowest BCUT2D eigenvalue weighted by atomic mass is 10.1. The van der Waals surface area contributed by atoms with E-state index in [1.807, 2.05) is 0 Å². The molecule has 0 saturated carbocycles. The Balaban J connectivity index is 2.09. The Kier molecular flexibility index (Phi) is 4.49. The molecule has 108 valence electrons. The van der Waals surface area contributed by atoms with Crippen molar-refractivity contribution in [3.63, 3.8) is 0 Å².